The normalized spacial score (nSPS) is 13.0. The van der Waals surface area contributed by atoms with Gasteiger partial charge in [-0.2, -0.15) is 0 Å². The van der Waals surface area contributed by atoms with Crippen LogP contribution in [-0.2, 0) is 39.2 Å². The van der Waals surface area contributed by atoms with Crippen molar-refractivity contribution >= 4 is 11.9 Å². The fourth-order valence-corrected chi connectivity index (χ4v) is 2.24. The van der Waals surface area contributed by atoms with Crippen LogP contribution in [0.5, 0.6) is 0 Å². The number of methoxy groups -OCH3 is 1. The van der Waals surface area contributed by atoms with E-state index in [9.17, 15) is 34.2 Å². The maximum absolute atomic E-state index is 12.4. The van der Waals surface area contributed by atoms with Gasteiger partial charge in [-0.15, -0.1) is 0 Å². The van der Waals surface area contributed by atoms with Crippen LogP contribution < -0.4 is 17.1 Å². The molecule has 28 heavy (non-hydrogen) atoms. The van der Waals surface area contributed by atoms with Crippen LogP contribution in [0, 0.1) is 0 Å². The molecule has 2 atom stereocenters. The summed E-state index contributed by atoms with van der Waals surface area (Å²) in [5.41, 5.74) is -2.83. The van der Waals surface area contributed by atoms with Gasteiger partial charge in [0.15, 0.2) is 0 Å². The monoisotopic (exact) mass is 403 g/mol. The Labute approximate surface area is 159 Å². The van der Waals surface area contributed by atoms with E-state index in [1.165, 1.54) is 7.11 Å². The highest BCUT2D eigenvalue weighted by molar-refractivity contribution is 5.77. The lowest BCUT2D eigenvalue weighted by molar-refractivity contribution is -0.151. The van der Waals surface area contributed by atoms with E-state index in [0.29, 0.717) is 20.1 Å². The Balaban J connectivity index is 2.89. The van der Waals surface area contributed by atoms with Crippen molar-refractivity contribution in [1.82, 2.24) is 13.7 Å². The van der Waals surface area contributed by atoms with Gasteiger partial charge in [0.2, 0.25) is 0 Å². The number of carbonyl (C=O) groups excluding carboxylic acids is 2. The lowest BCUT2D eigenvalue weighted by atomic mass is 10.3. The molecule has 1 heterocycles. The van der Waals surface area contributed by atoms with Gasteiger partial charge in [-0.1, -0.05) is 6.92 Å². The summed E-state index contributed by atoms with van der Waals surface area (Å²) in [6.45, 7) is 0.306. The molecular weight excluding hydrogens is 378 g/mol. The zero-order chi connectivity index (χ0) is 21.4. The Bertz CT molecular complexity index is 868. The number of carbonyl (C=O) groups is 2. The highest BCUT2D eigenvalue weighted by atomic mass is 16.5. The Kier molecular flexibility index (Phi) is 8.79. The van der Waals surface area contributed by atoms with E-state index >= 15 is 0 Å². The number of aliphatic hydroxyl groups is 2. The second-order valence-electron chi connectivity index (χ2n) is 6.10. The fourth-order valence-electron chi connectivity index (χ4n) is 2.24. The summed E-state index contributed by atoms with van der Waals surface area (Å²) in [7, 11) is 2.34. The number of aliphatic hydroxyl groups excluding tert-OH is 2. The number of aromatic nitrogens is 3. The molecule has 1 aromatic heterocycles. The lowest BCUT2D eigenvalue weighted by Crippen LogP contribution is -2.55. The van der Waals surface area contributed by atoms with E-state index < -0.39 is 54.4 Å². The summed E-state index contributed by atoms with van der Waals surface area (Å²) in [5, 5.41) is 19.7. The van der Waals surface area contributed by atoms with E-state index in [4.69, 9.17) is 4.74 Å². The van der Waals surface area contributed by atoms with Crippen molar-refractivity contribution < 1.29 is 29.3 Å². The first-order chi connectivity index (χ1) is 13.1. The smallest absolute Gasteiger partial charge is 0.336 e. The average molecular weight is 403 g/mol. The number of rotatable bonds is 10. The summed E-state index contributed by atoms with van der Waals surface area (Å²) in [6, 6.07) is 0. The molecule has 0 bridgehead atoms. The summed E-state index contributed by atoms with van der Waals surface area (Å²) in [4.78, 5) is 59.2. The van der Waals surface area contributed by atoms with E-state index in [-0.39, 0.29) is 19.4 Å². The Hall–Kier alpha value is -2.73. The molecule has 2 unspecified atom stereocenters. The molecule has 0 aliphatic heterocycles. The minimum absolute atomic E-state index is 0.184. The average Bonchev–Trinajstić information content (AvgIpc) is 2.69. The SMILES string of the molecule is CCC(O)Cn1c(=O)n(C)c(=O)n(CC(O)COC(=O)CCC(=O)OC)c1=O. The van der Waals surface area contributed by atoms with E-state index in [2.05, 4.69) is 4.74 Å². The number of nitrogens with zero attached hydrogens (tertiary/aromatic N) is 3. The van der Waals surface area contributed by atoms with Gasteiger partial charge in [0.25, 0.3) is 0 Å². The second kappa shape index (κ2) is 10.6. The first kappa shape index (κ1) is 23.3. The van der Waals surface area contributed by atoms with E-state index in [1.54, 1.807) is 6.92 Å². The highest BCUT2D eigenvalue weighted by Crippen LogP contribution is 1.97. The summed E-state index contributed by atoms with van der Waals surface area (Å²) >= 11 is 0. The molecule has 0 spiro atoms. The standard InChI is InChI=1S/C16H25N3O9/c1-4-10(20)7-18-14(24)17(2)15(25)19(16(18)26)8-11(21)9-28-13(23)6-5-12(22)27-3/h10-11,20-21H,4-9H2,1-3H3. The Morgan fingerprint density at radius 3 is 1.93 bits per heavy atom. The molecule has 0 amide bonds. The molecule has 158 valence electrons. The lowest BCUT2D eigenvalue weighted by Gasteiger charge is -2.16. The zero-order valence-electron chi connectivity index (χ0n) is 16.0. The molecular formula is C16H25N3O9. The molecule has 12 nitrogen and oxygen atoms in total. The van der Waals surface area contributed by atoms with Gasteiger partial charge >= 0.3 is 29.0 Å². The highest BCUT2D eigenvalue weighted by Gasteiger charge is 2.19. The van der Waals surface area contributed by atoms with Crippen molar-refractivity contribution in [3.8, 4) is 0 Å². The number of ether oxygens (including phenoxy) is 2. The van der Waals surface area contributed by atoms with Crippen LogP contribution in [-0.4, -0.2) is 61.8 Å². The van der Waals surface area contributed by atoms with Crippen molar-refractivity contribution in [3.05, 3.63) is 31.5 Å². The van der Waals surface area contributed by atoms with Crippen molar-refractivity contribution in [3.63, 3.8) is 0 Å². The van der Waals surface area contributed by atoms with Crippen LogP contribution in [0.15, 0.2) is 14.4 Å². The van der Waals surface area contributed by atoms with Gasteiger partial charge in [0, 0.05) is 7.05 Å². The van der Waals surface area contributed by atoms with Crippen LogP contribution in [0.25, 0.3) is 0 Å². The molecule has 0 aliphatic carbocycles. The van der Waals surface area contributed by atoms with Crippen LogP contribution >= 0.6 is 0 Å². The number of esters is 2. The first-order valence-corrected chi connectivity index (χ1v) is 8.61. The molecule has 2 N–H and O–H groups in total. The van der Waals surface area contributed by atoms with Gasteiger partial charge in [-0.05, 0) is 6.42 Å². The van der Waals surface area contributed by atoms with Crippen LogP contribution in [0.2, 0.25) is 0 Å². The first-order valence-electron chi connectivity index (χ1n) is 8.61. The molecule has 0 saturated heterocycles. The number of hydrogen-bond acceptors (Lipinski definition) is 9. The predicted molar refractivity (Wildman–Crippen MR) is 94.7 cm³/mol. The third-order valence-corrected chi connectivity index (χ3v) is 3.95. The number of hydrogen-bond donors (Lipinski definition) is 2. The van der Waals surface area contributed by atoms with Gasteiger partial charge in [-0.25, -0.2) is 28.1 Å². The molecule has 0 fully saturated rings. The minimum atomic E-state index is -1.41. The van der Waals surface area contributed by atoms with Gasteiger partial charge in [-0.3, -0.25) is 9.59 Å². The minimum Gasteiger partial charge on any atom is -0.469 e. The van der Waals surface area contributed by atoms with Crippen molar-refractivity contribution in [1.29, 1.82) is 0 Å². The molecule has 1 aromatic rings. The molecule has 12 heteroatoms. The quantitative estimate of drug-likeness (QED) is 0.397. The fraction of sp³-hybridized carbons (Fsp3) is 0.688. The Morgan fingerprint density at radius 1 is 0.929 bits per heavy atom. The van der Waals surface area contributed by atoms with Gasteiger partial charge in [0.05, 0.1) is 39.1 Å². The third kappa shape index (κ3) is 6.16. The van der Waals surface area contributed by atoms with E-state index in [1.807, 2.05) is 0 Å². The summed E-state index contributed by atoms with van der Waals surface area (Å²) in [5.74, 6) is -1.36. The molecule has 0 saturated carbocycles. The molecule has 0 aromatic carbocycles. The molecule has 0 aliphatic rings. The largest absolute Gasteiger partial charge is 0.469 e. The third-order valence-electron chi connectivity index (χ3n) is 3.95. The predicted octanol–water partition coefficient (Wildman–Crippen LogP) is -2.66. The Morgan fingerprint density at radius 2 is 1.43 bits per heavy atom. The summed E-state index contributed by atoms with van der Waals surface area (Å²) < 4.78 is 11.2. The van der Waals surface area contributed by atoms with E-state index in [0.717, 1.165) is 7.05 Å². The van der Waals surface area contributed by atoms with Gasteiger partial charge in [0.1, 0.15) is 12.7 Å². The van der Waals surface area contributed by atoms with Crippen molar-refractivity contribution in [2.24, 2.45) is 7.05 Å². The zero-order valence-corrected chi connectivity index (χ0v) is 16.0. The molecule has 1 rings (SSSR count). The molecule has 0 radical (unpaired) electrons. The maximum Gasteiger partial charge on any atom is 0.336 e. The van der Waals surface area contributed by atoms with Crippen LogP contribution in [0.4, 0.5) is 0 Å². The van der Waals surface area contributed by atoms with Crippen LogP contribution in [0.1, 0.15) is 26.2 Å². The second-order valence-corrected chi connectivity index (χ2v) is 6.10. The summed E-state index contributed by atoms with van der Waals surface area (Å²) in [6.07, 6.45) is -2.51. The van der Waals surface area contributed by atoms with Crippen molar-refractivity contribution in [2.75, 3.05) is 13.7 Å². The maximum atomic E-state index is 12.4. The van der Waals surface area contributed by atoms with Crippen molar-refractivity contribution in [2.45, 2.75) is 51.5 Å². The topological polar surface area (TPSA) is 159 Å². The van der Waals surface area contributed by atoms with Crippen LogP contribution in [0.3, 0.4) is 0 Å². The van der Waals surface area contributed by atoms with Gasteiger partial charge < -0.3 is 19.7 Å².